The van der Waals surface area contributed by atoms with Gasteiger partial charge in [-0.1, -0.05) is 24.6 Å². The molecule has 1 aliphatic rings. The number of hydrogen-bond acceptors (Lipinski definition) is 3. The van der Waals surface area contributed by atoms with Crippen LogP contribution in [0.15, 0.2) is 12.1 Å². The van der Waals surface area contributed by atoms with Crippen molar-refractivity contribution in [1.82, 2.24) is 10.2 Å². The molecule has 0 spiro atoms. The first-order valence-corrected chi connectivity index (χ1v) is 8.90. The standard InChI is InChI=1S/C18H28ClN3O.ClH/c1-4-9-22(15-5-7-20-8-6-15)12-17(23)21-18-14(3)10-13(2)11-16(18)19;/h10-11,15,20H,4-9,12H2,1-3H3,(H,21,23);1H. The maximum Gasteiger partial charge on any atom is 0.238 e. The number of nitrogens with zero attached hydrogens (tertiary/aromatic N) is 1. The number of hydrogen-bond donors (Lipinski definition) is 2. The van der Waals surface area contributed by atoms with Gasteiger partial charge in [-0.25, -0.2) is 0 Å². The van der Waals surface area contributed by atoms with E-state index in [1.165, 1.54) is 0 Å². The summed E-state index contributed by atoms with van der Waals surface area (Å²) in [6, 6.07) is 4.43. The summed E-state index contributed by atoms with van der Waals surface area (Å²) in [5, 5.41) is 7.00. The number of amides is 1. The lowest BCUT2D eigenvalue weighted by molar-refractivity contribution is -0.118. The summed E-state index contributed by atoms with van der Waals surface area (Å²) in [6.07, 6.45) is 3.27. The van der Waals surface area contributed by atoms with Gasteiger partial charge in [0.15, 0.2) is 0 Å². The van der Waals surface area contributed by atoms with Crippen molar-refractivity contribution in [2.24, 2.45) is 0 Å². The van der Waals surface area contributed by atoms with E-state index < -0.39 is 0 Å². The van der Waals surface area contributed by atoms with Gasteiger partial charge in [-0.15, -0.1) is 12.4 Å². The summed E-state index contributed by atoms with van der Waals surface area (Å²) < 4.78 is 0. The molecular weight excluding hydrogens is 345 g/mol. The molecule has 0 aromatic heterocycles. The second-order valence-corrected chi connectivity index (χ2v) is 6.85. The van der Waals surface area contributed by atoms with Gasteiger partial charge in [0.05, 0.1) is 17.3 Å². The predicted molar refractivity (Wildman–Crippen MR) is 105 cm³/mol. The molecular formula is C18H29Cl2N3O. The van der Waals surface area contributed by atoms with Gasteiger partial charge in [0.2, 0.25) is 5.91 Å². The molecule has 2 rings (SSSR count). The highest BCUT2D eigenvalue weighted by Gasteiger charge is 2.22. The Labute approximate surface area is 156 Å². The number of piperidine rings is 1. The first kappa shape index (κ1) is 21.2. The largest absolute Gasteiger partial charge is 0.323 e. The van der Waals surface area contributed by atoms with Gasteiger partial charge in [-0.05, 0) is 69.9 Å². The Morgan fingerprint density at radius 1 is 1.33 bits per heavy atom. The van der Waals surface area contributed by atoms with E-state index in [0.717, 1.165) is 55.7 Å². The van der Waals surface area contributed by atoms with Gasteiger partial charge >= 0.3 is 0 Å². The molecule has 24 heavy (non-hydrogen) atoms. The molecule has 6 heteroatoms. The van der Waals surface area contributed by atoms with Gasteiger partial charge in [0.1, 0.15) is 0 Å². The summed E-state index contributed by atoms with van der Waals surface area (Å²) in [6.45, 7) is 9.61. The van der Waals surface area contributed by atoms with Gasteiger partial charge < -0.3 is 10.6 Å². The topological polar surface area (TPSA) is 44.4 Å². The van der Waals surface area contributed by atoms with Crippen LogP contribution in [0, 0.1) is 13.8 Å². The summed E-state index contributed by atoms with van der Waals surface area (Å²) >= 11 is 6.29. The lowest BCUT2D eigenvalue weighted by atomic mass is 10.0. The van der Waals surface area contributed by atoms with Crippen LogP contribution in [0.25, 0.3) is 0 Å². The number of rotatable bonds is 6. The monoisotopic (exact) mass is 373 g/mol. The predicted octanol–water partition coefficient (Wildman–Crippen LogP) is 3.78. The Bertz CT molecular complexity index is 522. The number of benzene rings is 1. The number of carbonyl (C=O) groups excluding carboxylic acids is 1. The molecule has 0 bridgehead atoms. The average molecular weight is 374 g/mol. The van der Waals surface area contributed by atoms with Crippen molar-refractivity contribution in [3.8, 4) is 0 Å². The molecule has 1 fully saturated rings. The van der Waals surface area contributed by atoms with Crippen LogP contribution >= 0.6 is 24.0 Å². The quantitative estimate of drug-likeness (QED) is 0.797. The van der Waals surface area contributed by atoms with Crippen LogP contribution in [-0.2, 0) is 4.79 Å². The van der Waals surface area contributed by atoms with Crippen LogP contribution in [0.2, 0.25) is 5.02 Å². The van der Waals surface area contributed by atoms with Gasteiger partial charge in [0, 0.05) is 6.04 Å². The maximum absolute atomic E-state index is 12.5. The third-order valence-corrected chi connectivity index (χ3v) is 4.68. The van der Waals surface area contributed by atoms with E-state index in [1.54, 1.807) is 0 Å². The van der Waals surface area contributed by atoms with Crippen molar-refractivity contribution >= 4 is 35.6 Å². The van der Waals surface area contributed by atoms with Crippen LogP contribution < -0.4 is 10.6 Å². The fraction of sp³-hybridized carbons (Fsp3) is 0.611. The van der Waals surface area contributed by atoms with Crippen LogP contribution in [0.5, 0.6) is 0 Å². The highest BCUT2D eigenvalue weighted by atomic mass is 35.5. The summed E-state index contributed by atoms with van der Waals surface area (Å²) in [4.78, 5) is 14.8. The van der Waals surface area contributed by atoms with E-state index in [0.29, 0.717) is 17.6 Å². The number of carbonyl (C=O) groups is 1. The summed E-state index contributed by atoms with van der Waals surface area (Å²) in [7, 11) is 0. The van der Waals surface area contributed by atoms with Gasteiger partial charge in [-0.3, -0.25) is 9.69 Å². The van der Waals surface area contributed by atoms with Crippen LogP contribution in [0.1, 0.15) is 37.3 Å². The third kappa shape index (κ3) is 5.92. The van der Waals surface area contributed by atoms with E-state index in [9.17, 15) is 4.79 Å². The minimum atomic E-state index is 0. The smallest absolute Gasteiger partial charge is 0.238 e. The van der Waals surface area contributed by atoms with Gasteiger partial charge in [-0.2, -0.15) is 0 Å². The zero-order chi connectivity index (χ0) is 16.8. The molecule has 2 N–H and O–H groups in total. The summed E-state index contributed by atoms with van der Waals surface area (Å²) in [5.74, 6) is 0.0193. The van der Waals surface area contributed by atoms with Gasteiger partial charge in [0.25, 0.3) is 0 Å². The molecule has 0 aliphatic carbocycles. The van der Waals surface area contributed by atoms with Crippen molar-refractivity contribution in [2.75, 3.05) is 31.5 Å². The van der Waals surface area contributed by atoms with Crippen LogP contribution in [0.3, 0.4) is 0 Å². The van der Waals surface area contributed by atoms with Crippen molar-refractivity contribution in [3.63, 3.8) is 0 Å². The molecule has 1 aliphatic heterocycles. The molecule has 1 aromatic rings. The first-order valence-electron chi connectivity index (χ1n) is 8.52. The maximum atomic E-state index is 12.5. The Morgan fingerprint density at radius 2 is 2.00 bits per heavy atom. The van der Waals surface area contributed by atoms with E-state index in [2.05, 4.69) is 22.5 Å². The van der Waals surface area contributed by atoms with E-state index in [4.69, 9.17) is 11.6 Å². The van der Waals surface area contributed by atoms with Crippen molar-refractivity contribution in [2.45, 2.75) is 46.1 Å². The zero-order valence-corrected chi connectivity index (χ0v) is 16.4. The van der Waals surface area contributed by atoms with Crippen molar-refractivity contribution < 1.29 is 4.79 Å². The Balaban J connectivity index is 0.00000288. The minimum Gasteiger partial charge on any atom is -0.323 e. The van der Waals surface area contributed by atoms with E-state index in [-0.39, 0.29) is 18.3 Å². The molecule has 136 valence electrons. The number of aryl methyl sites for hydroxylation is 2. The van der Waals surface area contributed by atoms with E-state index >= 15 is 0 Å². The van der Waals surface area contributed by atoms with Crippen LogP contribution in [-0.4, -0.2) is 43.0 Å². The number of halogens is 2. The molecule has 1 heterocycles. The van der Waals surface area contributed by atoms with Crippen LogP contribution in [0.4, 0.5) is 5.69 Å². The molecule has 0 saturated carbocycles. The number of anilines is 1. The highest BCUT2D eigenvalue weighted by molar-refractivity contribution is 6.34. The minimum absolute atomic E-state index is 0. The van der Waals surface area contributed by atoms with E-state index in [1.807, 2.05) is 26.0 Å². The Hall–Kier alpha value is -0.810. The van der Waals surface area contributed by atoms with Crippen molar-refractivity contribution in [1.29, 1.82) is 0 Å². The second-order valence-electron chi connectivity index (χ2n) is 6.44. The molecule has 1 aromatic carbocycles. The number of nitrogens with one attached hydrogen (secondary N) is 2. The zero-order valence-electron chi connectivity index (χ0n) is 14.8. The lowest BCUT2D eigenvalue weighted by Gasteiger charge is -2.34. The third-order valence-electron chi connectivity index (χ3n) is 4.38. The average Bonchev–Trinajstić information content (AvgIpc) is 2.51. The molecule has 0 unspecified atom stereocenters. The lowest BCUT2D eigenvalue weighted by Crippen LogP contribution is -2.46. The fourth-order valence-corrected chi connectivity index (χ4v) is 3.66. The summed E-state index contributed by atoms with van der Waals surface area (Å²) in [5.41, 5.74) is 2.85. The SMILES string of the molecule is CCCN(CC(=O)Nc1c(C)cc(C)cc1Cl)C1CCNCC1.Cl. The fourth-order valence-electron chi connectivity index (χ4n) is 3.29. The van der Waals surface area contributed by atoms with Crippen molar-refractivity contribution in [3.05, 3.63) is 28.3 Å². The molecule has 0 atom stereocenters. The molecule has 1 saturated heterocycles. The molecule has 0 radical (unpaired) electrons. The first-order chi connectivity index (χ1) is 11.0. The molecule has 1 amide bonds. The highest BCUT2D eigenvalue weighted by Crippen LogP contribution is 2.27. The normalized spacial score (nSPS) is 15.2. The second kappa shape index (κ2) is 10.2. The molecule has 4 nitrogen and oxygen atoms in total. The Morgan fingerprint density at radius 3 is 2.58 bits per heavy atom. The Kier molecular flexibility index (Phi) is 9.06.